The van der Waals surface area contributed by atoms with Crippen LogP contribution in [0.4, 0.5) is 18.3 Å². The van der Waals surface area contributed by atoms with Gasteiger partial charge in [0.25, 0.3) is 5.91 Å². The first-order valence-electron chi connectivity index (χ1n) is 5.43. The topological polar surface area (TPSA) is 51.2 Å². The maximum Gasteiger partial charge on any atom is 0.573 e. The molecule has 1 aromatic heterocycles. The van der Waals surface area contributed by atoms with Crippen molar-refractivity contribution in [3.8, 4) is 5.75 Å². The third kappa shape index (κ3) is 3.95. The van der Waals surface area contributed by atoms with Gasteiger partial charge in [-0.05, 0) is 31.2 Å². The molecule has 1 N–H and O–H groups in total. The van der Waals surface area contributed by atoms with Gasteiger partial charge in [0.05, 0.1) is 0 Å². The van der Waals surface area contributed by atoms with Crippen molar-refractivity contribution in [3.05, 3.63) is 40.9 Å². The Hall–Kier alpha value is -2.09. The number of nitrogens with one attached hydrogen (secondary N) is 1. The van der Waals surface area contributed by atoms with E-state index in [-0.39, 0.29) is 11.3 Å². The highest BCUT2D eigenvalue weighted by atomic mass is 32.1. The highest BCUT2D eigenvalue weighted by Crippen LogP contribution is 2.23. The zero-order valence-electron chi connectivity index (χ0n) is 10.2. The van der Waals surface area contributed by atoms with Crippen molar-refractivity contribution in [3.63, 3.8) is 0 Å². The number of amides is 1. The molecular weight excluding hydrogens is 293 g/mol. The molecule has 0 aliphatic carbocycles. The predicted octanol–water partition coefficient (Wildman–Crippen LogP) is 3.60. The lowest BCUT2D eigenvalue weighted by atomic mass is 10.2. The van der Waals surface area contributed by atoms with Crippen LogP contribution in [-0.2, 0) is 0 Å². The van der Waals surface area contributed by atoms with Gasteiger partial charge in [-0.25, -0.2) is 4.98 Å². The Bertz CT molecular complexity index is 608. The van der Waals surface area contributed by atoms with Crippen molar-refractivity contribution in [2.24, 2.45) is 0 Å². The Kier molecular flexibility index (Phi) is 3.93. The minimum atomic E-state index is -4.75. The van der Waals surface area contributed by atoms with Crippen LogP contribution in [0.3, 0.4) is 0 Å². The fourth-order valence-electron chi connectivity index (χ4n) is 1.39. The smallest absolute Gasteiger partial charge is 0.406 e. The standard InChI is InChI=1S/C12H9F3N2O2S/c1-7-6-16-11(20-7)17-10(18)8-2-4-9(5-3-8)19-12(13,14)15/h2-6H,1H3,(H,16,17,18). The number of aryl methyl sites for hydroxylation is 1. The van der Waals surface area contributed by atoms with E-state index in [0.717, 1.165) is 17.0 Å². The molecule has 8 heteroatoms. The molecular formula is C12H9F3N2O2S. The first-order chi connectivity index (χ1) is 9.33. The molecule has 0 spiro atoms. The molecule has 0 unspecified atom stereocenters. The number of hydrogen-bond donors (Lipinski definition) is 1. The molecule has 20 heavy (non-hydrogen) atoms. The Morgan fingerprint density at radius 1 is 1.30 bits per heavy atom. The molecule has 0 radical (unpaired) electrons. The Morgan fingerprint density at radius 3 is 2.45 bits per heavy atom. The molecule has 1 heterocycles. The summed E-state index contributed by atoms with van der Waals surface area (Å²) in [7, 11) is 0. The highest BCUT2D eigenvalue weighted by Gasteiger charge is 2.31. The van der Waals surface area contributed by atoms with E-state index in [1.807, 2.05) is 6.92 Å². The number of aromatic nitrogens is 1. The Labute approximate surface area is 116 Å². The van der Waals surface area contributed by atoms with Gasteiger partial charge >= 0.3 is 6.36 Å². The van der Waals surface area contributed by atoms with Gasteiger partial charge in [-0.1, -0.05) is 0 Å². The third-order valence-electron chi connectivity index (χ3n) is 2.19. The largest absolute Gasteiger partial charge is 0.573 e. The number of carbonyl (C=O) groups excluding carboxylic acids is 1. The predicted molar refractivity (Wildman–Crippen MR) is 67.9 cm³/mol. The van der Waals surface area contributed by atoms with E-state index in [2.05, 4.69) is 15.0 Å². The molecule has 0 atom stereocenters. The summed E-state index contributed by atoms with van der Waals surface area (Å²) in [5.74, 6) is -0.822. The summed E-state index contributed by atoms with van der Waals surface area (Å²) >= 11 is 1.31. The summed E-state index contributed by atoms with van der Waals surface area (Å²) in [4.78, 5) is 16.7. The number of nitrogens with zero attached hydrogens (tertiary/aromatic N) is 1. The number of anilines is 1. The third-order valence-corrected chi connectivity index (χ3v) is 3.02. The van der Waals surface area contributed by atoms with Gasteiger partial charge in [0, 0.05) is 16.6 Å². The molecule has 0 aliphatic heterocycles. The molecule has 0 fully saturated rings. The number of halogens is 3. The average Bonchev–Trinajstić information content (AvgIpc) is 2.73. The average molecular weight is 302 g/mol. The van der Waals surface area contributed by atoms with E-state index in [0.29, 0.717) is 5.13 Å². The number of thiazole rings is 1. The van der Waals surface area contributed by atoms with Gasteiger partial charge in [0.15, 0.2) is 5.13 Å². The van der Waals surface area contributed by atoms with Crippen molar-refractivity contribution >= 4 is 22.4 Å². The lowest BCUT2D eigenvalue weighted by Gasteiger charge is -2.09. The van der Waals surface area contributed by atoms with Gasteiger partial charge in [-0.15, -0.1) is 24.5 Å². The Balaban J connectivity index is 2.04. The quantitative estimate of drug-likeness (QED) is 0.942. The molecule has 0 bridgehead atoms. The van der Waals surface area contributed by atoms with Gasteiger partial charge in [-0.2, -0.15) is 0 Å². The van der Waals surface area contributed by atoms with Crippen LogP contribution in [0.15, 0.2) is 30.5 Å². The maximum atomic E-state index is 12.0. The first-order valence-corrected chi connectivity index (χ1v) is 6.25. The number of hydrogen-bond acceptors (Lipinski definition) is 4. The number of ether oxygens (including phenoxy) is 1. The number of carbonyl (C=O) groups is 1. The van der Waals surface area contributed by atoms with Crippen molar-refractivity contribution in [2.45, 2.75) is 13.3 Å². The van der Waals surface area contributed by atoms with Gasteiger partial charge in [0.2, 0.25) is 0 Å². The van der Waals surface area contributed by atoms with Crippen molar-refractivity contribution in [2.75, 3.05) is 5.32 Å². The van der Waals surface area contributed by atoms with Crippen LogP contribution in [0.1, 0.15) is 15.2 Å². The second kappa shape index (κ2) is 5.49. The number of benzene rings is 1. The van der Waals surface area contributed by atoms with Gasteiger partial charge in [0.1, 0.15) is 5.75 Å². The van der Waals surface area contributed by atoms with Gasteiger partial charge < -0.3 is 4.74 Å². The molecule has 0 aliphatic rings. The van der Waals surface area contributed by atoms with Gasteiger partial charge in [-0.3, -0.25) is 10.1 Å². The van der Waals surface area contributed by atoms with E-state index >= 15 is 0 Å². The second-order valence-corrected chi connectivity index (χ2v) is 5.04. The molecule has 4 nitrogen and oxygen atoms in total. The zero-order valence-corrected chi connectivity index (χ0v) is 11.0. The second-order valence-electron chi connectivity index (χ2n) is 3.80. The number of rotatable bonds is 3. The van der Waals surface area contributed by atoms with E-state index in [1.54, 1.807) is 6.20 Å². The van der Waals surface area contributed by atoms with E-state index in [9.17, 15) is 18.0 Å². The lowest BCUT2D eigenvalue weighted by molar-refractivity contribution is -0.274. The van der Waals surface area contributed by atoms with Crippen LogP contribution >= 0.6 is 11.3 Å². The van der Waals surface area contributed by atoms with E-state index in [4.69, 9.17) is 0 Å². The molecule has 2 aromatic rings. The van der Waals surface area contributed by atoms with Crippen LogP contribution in [-0.4, -0.2) is 17.3 Å². The summed E-state index contributed by atoms with van der Waals surface area (Å²) in [6.45, 7) is 1.84. The van der Waals surface area contributed by atoms with Crippen molar-refractivity contribution in [1.82, 2.24) is 4.98 Å². The summed E-state index contributed by atoms with van der Waals surface area (Å²) in [5.41, 5.74) is 0.215. The zero-order chi connectivity index (χ0) is 14.8. The molecule has 0 saturated carbocycles. The van der Waals surface area contributed by atoms with E-state index in [1.165, 1.54) is 23.5 Å². The maximum absolute atomic E-state index is 12.0. The minimum absolute atomic E-state index is 0.215. The van der Waals surface area contributed by atoms with Crippen LogP contribution in [0.2, 0.25) is 0 Å². The highest BCUT2D eigenvalue weighted by molar-refractivity contribution is 7.15. The van der Waals surface area contributed by atoms with Crippen molar-refractivity contribution < 1.29 is 22.7 Å². The fourth-order valence-corrected chi connectivity index (χ4v) is 2.05. The number of alkyl halides is 3. The van der Waals surface area contributed by atoms with Crippen molar-refractivity contribution in [1.29, 1.82) is 0 Å². The molecule has 1 aromatic carbocycles. The SMILES string of the molecule is Cc1cnc(NC(=O)c2ccc(OC(F)(F)F)cc2)s1. The molecule has 0 saturated heterocycles. The lowest BCUT2D eigenvalue weighted by Crippen LogP contribution is -2.17. The summed E-state index contributed by atoms with van der Waals surface area (Å²) < 4.78 is 39.7. The molecule has 2 rings (SSSR count). The van der Waals surface area contributed by atoms with Crippen LogP contribution < -0.4 is 10.1 Å². The molecule has 106 valence electrons. The van der Waals surface area contributed by atoms with E-state index < -0.39 is 12.3 Å². The summed E-state index contributed by atoms with van der Waals surface area (Å²) in [5, 5.41) is 2.99. The summed E-state index contributed by atoms with van der Waals surface area (Å²) in [6.07, 6.45) is -3.14. The fraction of sp³-hybridized carbons (Fsp3) is 0.167. The summed E-state index contributed by atoms with van der Waals surface area (Å²) in [6, 6.07) is 4.65. The Morgan fingerprint density at radius 2 is 1.95 bits per heavy atom. The van der Waals surface area contributed by atoms with Crippen LogP contribution in [0.25, 0.3) is 0 Å². The monoisotopic (exact) mass is 302 g/mol. The molecule has 1 amide bonds. The first kappa shape index (κ1) is 14.3. The van der Waals surface area contributed by atoms with Crippen LogP contribution in [0.5, 0.6) is 5.75 Å². The minimum Gasteiger partial charge on any atom is -0.406 e. The normalized spacial score (nSPS) is 11.2. The van der Waals surface area contributed by atoms with Crippen LogP contribution in [0, 0.1) is 6.92 Å².